The normalized spacial score (nSPS) is 25.8. The first-order valence-corrected chi connectivity index (χ1v) is 7.89. The molecule has 0 saturated heterocycles. The highest BCUT2D eigenvalue weighted by atomic mass is 16.7. The van der Waals surface area contributed by atoms with E-state index in [4.69, 9.17) is 30.8 Å². The van der Waals surface area contributed by atoms with Gasteiger partial charge in [-0.15, -0.1) is 0 Å². The summed E-state index contributed by atoms with van der Waals surface area (Å²) in [6.07, 6.45) is -4.01. The van der Waals surface area contributed by atoms with Crippen molar-refractivity contribution in [2.24, 2.45) is 22.4 Å². The molecule has 26 heavy (non-hydrogen) atoms. The lowest BCUT2D eigenvalue weighted by Crippen LogP contribution is -2.49. The van der Waals surface area contributed by atoms with Gasteiger partial charge >= 0.3 is 11.9 Å². The van der Waals surface area contributed by atoms with E-state index in [9.17, 15) is 19.8 Å². The zero-order valence-electron chi connectivity index (χ0n) is 14.7. The Kier molecular flexibility index (Phi) is 7.80. The van der Waals surface area contributed by atoms with Gasteiger partial charge in [0.1, 0.15) is 18.3 Å². The molecular formula is C15H25N3O8. The summed E-state index contributed by atoms with van der Waals surface area (Å²) in [6.45, 7) is 3.41. The van der Waals surface area contributed by atoms with Crippen molar-refractivity contribution in [3.8, 4) is 0 Å². The lowest BCUT2D eigenvalue weighted by Gasteiger charge is -2.37. The first kappa shape index (κ1) is 21.7. The molecule has 0 aliphatic carbocycles. The zero-order valence-corrected chi connectivity index (χ0v) is 14.7. The van der Waals surface area contributed by atoms with Crippen molar-refractivity contribution in [3.05, 3.63) is 11.8 Å². The van der Waals surface area contributed by atoms with Crippen LogP contribution in [-0.2, 0) is 23.8 Å². The van der Waals surface area contributed by atoms with Crippen molar-refractivity contribution in [2.45, 2.75) is 51.4 Å². The van der Waals surface area contributed by atoms with Crippen LogP contribution in [0.4, 0.5) is 0 Å². The number of rotatable bonds is 7. The van der Waals surface area contributed by atoms with Crippen LogP contribution in [0.15, 0.2) is 16.8 Å². The molecule has 0 saturated carbocycles. The molecule has 0 fully saturated rings. The molecule has 0 aromatic rings. The van der Waals surface area contributed by atoms with Crippen molar-refractivity contribution in [2.75, 3.05) is 6.61 Å². The van der Waals surface area contributed by atoms with Crippen molar-refractivity contribution in [1.82, 2.24) is 0 Å². The molecular weight excluding hydrogens is 350 g/mol. The number of aliphatic imine (C=N–C) groups is 1. The van der Waals surface area contributed by atoms with Crippen LogP contribution in [0.25, 0.3) is 0 Å². The zero-order chi connectivity index (χ0) is 20.0. The Morgan fingerprint density at radius 1 is 1.35 bits per heavy atom. The smallest absolute Gasteiger partial charge is 0.376 e. The van der Waals surface area contributed by atoms with Crippen LogP contribution in [0.2, 0.25) is 0 Å². The highest BCUT2D eigenvalue weighted by molar-refractivity contribution is 5.87. The van der Waals surface area contributed by atoms with E-state index in [1.54, 1.807) is 6.92 Å². The second-order valence-corrected chi connectivity index (χ2v) is 5.84. The minimum Gasteiger partial charge on any atom is -0.480 e. The molecule has 0 amide bonds. The van der Waals surface area contributed by atoms with Gasteiger partial charge in [0.25, 0.3) is 0 Å². The summed E-state index contributed by atoms with van der Waals surface area (Å²) in [7, 11) is 0. The number of esters is 2. The monoisotopic (exact) mass is 375 g/mol. The number of ether oxygens (including phenoxy) is 3. The lowest BCUT2D eigenvalue weighted by molar-refractivity contribution is -0.185. The number of aliphatic hydroxyl groups excluding tert-OH is 3. The van der Waals surface area contributed by atoms with Crippen LogP contribution < -0.4 is 11.5 Å². The summed E-state index contributed by atoms with van der Waals surface area (Å²) in [5, 5.41) is 28.9. The largest absolute Gasteiger partial charge is 0.480 e. The van der Waals surface area contributed by atoms with Crippen LogP contribution in [-0.4, -0.2) is 70.5 Å². The fourth-order valence-corrected chi connectivity index (χ4v) is 2.41. The fraction of sp³-hybridized carbons (Fsp3) is 0.667. The van der Waals surface area contributed by atoms with Crippen LogP contribution in [0, 0.1) is 5.92 Å². The van der Waals surface area contributed by atoms with E-state index in [2.05, 4.69) is 4.99 Å². The van der Waals surface area contributed by atoms with Crippen molar-refractivity contribution < 1.29 is 39.1 Å². The van der Waals surface area contributed by atoms with E-state index in [1.807, 2.05) is 0 Å². The first-order chi connectivity index (χ1) is 12.1. The summed E-state index contributed by atoms with van der Waals surface area (Å²) in [5.74, 6) is -2.74. The average Bonchev–Trinajstić information content (AvgIpc) is 2.53. The third-order valence-electron chi connectivity index (χ3n) is 3.66. The molecule has 148 valence electrons. The molecule has 1 unspecified atom stereocenters. The van der Waals surface area contributed by atoms with Gasteiger partial charge in [0.05, 0.1) is 12.6 Å². The molecule has 1 aliphatic rings. The minimum atomic E-state index is -1.52. The van der Waals surface area contributed by atoms with E-state index < -0.39 is 55.1 Å². The van der Waals surface area contributed by atoms with Crippen LogP contribution in [0.3, 0.4) is 0 Å². The third kappa shape index (κ3) is 5.86. The Hall–Kier alpha value is -2.37. The molecule has 7 N–H and O–H groups in total. The van der Waals surface area contributed by atoms with Gasteiger partial charge in [0, 0.05) is 19.8 Å². The molecule has 0 bridgehead atoms. The second-order valence-electron chi connectivity index (χ2n) is 5.84. The third-order valence-corrected chi connectivity index (χ3v) is 3.66. The van der Waals surface area contributed by atoms with Gasteiger partial charge < -0.3 is 41.0 Å². The predicted octanol–water partition coefficient (Wildman–Crippen LogP) is -2.29. The minimum absolute atomic E-state index is 0.253. The number of carbonyl (C=O) groups excluding carboxylic acids is 2. The Morgan fingerprint density at radius 3 is 2.46 bits per heavy atom. The lowest BCUT2D eigenvalue weighted by atomic mass is 9.88. The molecule has 0 aromatic heterocycles. The van der Waals surface area contributed by atoms with Gasteiger partial charge in [-0.1, -0.05) is 6.92 Å². The second kappa shape index (κ2) is 9.36. The van der Waals surface area contributed by atoms with Gasteiger partial charge in [-0.3, -0.25) is 4.79 Å². The molecule has 0 radical (unpaired) electrons. The maximum atomic E-state index is 12.2. The van der Waals surface area contributed by atoms with E-state index in [1.165, 1.54) is 13.0 Å². The number of carbonyl (C=O) groups is 2. The molecule has 1 aliphatic heterocycles. The van der Waals surface area contributed by atoms with Gasteiger partial charge in [-0.05, 0) is 6.08 Å². The molecule has 0 spiro atoms. The van der Waals surface area contributed by atoms with Crippen LogP contribution >= 0.6 is 0 Å². The van der Waals surface area contributed by atoms with Crippen molar-refractivity contribution >= 4 is 17.9 Å². The molecule has 11 heteroatoms. The number of nitrogens with zero attached hydrogens (tertiary/aromatic N) is 1. The standard InChI is InChI=1S/C15H25N3O8/c1-6-9(18-15(16)17)4-11(14(23)25-8(3)24-7(2)20)26-13(6)12(22)10(21)5-19/h4,6,8-10,12-13,19,21-22H,5H2,1-3H3,(H4,16,17,18)/t6-,8?,9+,10-,12-,13-/m1/s1. The molecule has 1 heterocycles. The topological polar surface area (TPSA) is 187 Å². The molecule has 6 atom stereocenters. The SMILES string of the molecule is CC(=O)OC(C)OC(=O)C1=C[C@H](N=C(N)N)[C@@H](C)[C@H]([C@H](O)[C@H](O)CO)O1. The number of hydrogen-bond acceptors (Lipinski definition) is 9. The molecule has 11 nitrogen and oxygen atoms in total. The number of nitrogens with two attached hydrogens (primary N) is 2. The van der Waals surface area contributed by atoms with Gasteiger partial charge in [0.2, 0.25) is 12.0 Å². The van der Waals surface area contributed by atoms with Crippen molar-refractivity contribution in [3.63, 3.8) is 0 Å². The maximum absolute atomic E-state index is 12.2. The summed E-state index contributed by atoms with van der Waals surface area (Å²) in [5.41, 5.74) is 10.8. The van der Waals surface area contributed by atoms with Gasteiger partial charge in [0.15, 0.2) is 5.96 Å². The van der Waals surface area contributed by atoms with Gasteiger partial charge in [-0.25, -0.2) is 9.79 Å². The summed E-state index contributed by atoms with van der Waals surface area (Å²) < 4.78 is 15.1. The first-order valence-electron chi connectivity index (χ1n) is 7.89. The van der Waals surface area contributed by atoms with Crippen LogP contribution in [0.1, 0.15) is 20.8 Å². The summed E-state index contributed by atoms with van der Waals surface area (Å²) >= 11 is 0. The number of hydrogen-bond donors (Lipinski definition) is 5. The highest BCUT2D eigenvalue weighted by Crippen LogP contribution is 2.29. The van der Waals surface area contributed by atoms with Gasteiger partial charge in [-0.2, -0.15) is 0 Å². The van der Waals surface area contributed by atoms with E-state index >= 15 is 0 Å². The Balaban J connectivity index is 3.06. The molecule has 0 aromatic carbocycles. The Morgan fingerprint density at radius 2 is 1.96 bits per heavy atom. The number of aliphatic hydroxyl groups is 3. The van der Waals surface area contributed by atoms with E-state index in [-0.39, 0.29) is 11.7 Å². The Bertz CT molecular complexity index is 575. The van der Waals surface area contributed by atoms with Crippen LogP contribution in [0.5, 0.6) is 0 Å². The van der Waals surface area contributed by atoms with E-state index in [0.717, 1.165) is 6.92 Å². The summed E-state index contributed by atoms with van der Waals surface area (Å²) in [4.78, 5) is 27.1. The highest BCUT2D eigenvalue weighted by Gasteiger charge is 2.41. The summed E-state index contributed by atoms with van der Waals surface area (Å²) in [6, 6.07) is -0.758. The molecule has 1 rings (SSSR count). The fourth-order valence-electron chi connectivity index (χ4n) is 2.41. The van der Waals surface area contributed by atoms with E-state index in [0.29, 0.717) is 0 Å². The Labute approximate surface area is 150 Å². The average molecular weight is 375 g/mol. The quantitative estimate of drug-likeness (QED) is 0.140. The predicted molar refractivity (Wildman–Crippen MR) is 88.1 cm³/mol. The maximum Gasteiger partial charge on any atom is 0.376 e. The number of guanidine groups is 1. The van der Waals surface area contributed by atoms with Crippen molar-refractivity contribution in [1.29, 1.82) is 0 Å².